The van der Waals surface area contributed by atoms with E-state index >= 15 is 0 Å². The third-order valence-corrected chi connectivity index (χ3v) is 1.72. The van der Waals surface area contributed by atoms with E-state index in [0.717, 1.165) is 6.54 Å². The van der Waals surface area contributed by atoms with Crippen LogP contribution >= 0.6 is 0 Å². The zero-order chi connectivity index (χ0) is 12.5. The van der Waals surface area contributed by atoms with Crippen LogP contribution in [-0.2, 0) is 0 Å². The van der Waals surface area contributed by atoms with E-state index in [1.54, 1.807) is 0 Å². The highest BCUT2D eigenvalue weighted by atomic mass is 15.1. The molecule has 0 aromatic heterocycles. The molecule has 0 atom stereocenters. The standard InChI is InChI=1S/C8H19N.C3H8.C2H7N/c1-4-7-8-9(5-2)6-3;1-3-2;1-2-3/h4-8H2,1-3H3;3H2,1-2H3;2-3H2,1H3. The highest BCUT2D eigenvalue weighted by Crippen LogP contribution is 1.92. The predicted molar refractivity (Wildman–Crippen MR) is 73.4 cm³/mol. The van der Waals surface area contributed by atoms with Crippen molar-refractivity contribution < 1.29 is 0 Å². The molecule has 0 rings (SSSR count). The van der Waals surface area contributed by atoms with Crippen molar-refractivity contribution in [3.63, 3.8) is 0 Å². The fraction of sp³-hybridized carbons (Fsp3) is 1.00. The average molecular weight is 218 g/mol. The molecule has 0 spiro atoms. The monoisotopic (exact) mass is 218 g/mol. The summed E-state index contributed by atoms with van der Waals surface area (Å²) in [4.78, 5) is 2.46. The molecule has 0 amide bonds. The van der Waals surface area contributed by atoms with Crippen LogP contribution in [0.4, 0.5) is 0 Å². The zero-order valence-corrected chi connectivity index (χ0v) is 12.0. The Kier molecular flexibility index (Phi) is 32.0. The predicted octanol–water partition coefficient (Wildman–Crippen LogP) is 3.51. The second kappa shape index (κ2) is 23.6. The first-order valence-electron chi connectivity index (χ1n) is 6.60. The minimum absolute atomic E-state index is 0.750. The summed E-state index contributed by atoms with van der Waals surface area (Å²) < 4.78 is 0. The Balaban J connectivity index is -0.000000200. The van der Waals surface area contributed by atoms with Crippen LogP contribution in [0.1, 0.15) is 60.8 Å². The van der Waals surface area contributed by atoms with Gasteiger partial charge in [0.2, 0.25) is 0 Å². The van der Waals surface area contributed by atoms with Crippen LogP contribution < -0.4 is 5.73 Å². The van der Waals surface area contributed by atoms with Crippen molar-refractivity contribution in [2.45, 2.75) is 60.8 Å². The van der Waals surface area contributed by atoms with Crippen molar-refractivity contribution in [3.05, 3.63) is 0 Å². The molecule has 0 aliphatic heterocycles. The van der Waals surface area contributed by atoms with Crippen molar-refractivity contribution in [1.29, 1.82) is 0 Å². The van der Waals surface area contributed by atoms with Crippen molar-refractivity contribution in [1.82, 2.24) is 4.90 Å². The minimum atomic E-state index is 0.750. The van der Waals surface area contributed by atoms with E-state index in [1.807, 2.05) is 6.92 Å². The Morgan fingerprint density at radius 3 is 1.40 bits per heavy atom. The number of hydrogen-bond donors (Lipinski definition) is 1. The highest BCUT2D eigenvalue weighted by molar-refractivity contribution is 4.49. The molecule has 0 aromatic carbocycles. The number of nitrogens with two attached hydrogens (primary N) is 1. The van der Waals surface area contributed by atoms with Crippen molar-refractivity contribution >= 4 is 0 Å². The number of hydrogen-bond acceptors (Lipinski definition) is 2. The van der Waals surface area contributed by atoms with Gasteiger partial charge in [-0.3, -0.25) is 0 Å². The van der Waals surface area contributed by atoms with Gasteiger partial charge in [-0.15, -0.1) is 0 Å². The molecule has 2 heteroatoms. The summed E-state index contributed by atoms with van der Waals surface area (Å²) >= 11 is 0. The van der Waals surface area contributed by atoms with E-state index in [1.165, 1.54) is 38.9 Å². The van der Waals surface area contributed by atoms with E-state index < -0.39 is 0 Å². The molecule has 2 N–H and O–H groups in total. The molecule has 0 saturated carbocycles. The minimum Gasteiger partial charge on any atom is -0.331 e. The van der Waals surface area contributed by atoms with Gasteiger partial charge in [-0.25, -0.2) is 0 Å². The summed E-state index contributed by atoms with van der Waals surface area (Å²) in [7, 11) is 0. The van der Waals surface area contributed by atoms with Crippen LogP contribution in [0.3, 0.4) is 0 Å². The van der Waals surface area contributed by atoms with Gasteiger partial charge in [-0.2, -0.15) is 0 Å². The lowest BCUT2D eigenvalue weighted by molar-refractivity contribution is 0.299. The Hall–Kier alpha value is -0.0800. The van der Waals surface area contributed by atoms with Gasteiger partial charge < -0.3 is 10.6 Å². The molecule has 0 fully saturated rings. The van der Waals surface area contributed by atoms with Crippen LogP contribution in [0.2, 0.25) is 0 Å². The van der Waals surface area contributed by atoms with Crippen molar-refractivity contribution in [2.75, 3.05) is 26.2 Å². The molecule has 0 aliphatic rings. The van der Waals surface area contributed by atoms with Gasteiger partial charge in [0.15, 0.2) is 0 Å². The van der Waals surface area contributed by atoms with Gasteiger partial charge in [0, 0.05) is 0 Å². The maximum atomic E-state index is 4.85. The molecule has 96 valence electrons. The Labute approximate surface area is 98.2 Å². The Morgan fingerprint density at radius 2 is 1.20 bits per heavy atom. The van der Waals surface area contributed by atoms with Gasteiger partial charge in [-0.1, -0.05) is 54.4 Å². The normalized spacial score (nSPS) is 8.80. The van der Waals surface area contributed by atoms with Crippen LogP contribution in [0.25, 0.3) is 0 Å². The van der Waals surface area contributed by atoms with Crippen molar-refractivity contribution in [3.8, 4) is 0 Å². The van der Waals surface area contributed by atoms with E-state index in [9.17, 15) is 0 Å². The maximum Gasteiger partial charge on any atom is -0.00191 e. The molecule has 0 saturated heterocycles. The zero-order valence-electron chi connectivity index (χ0n) is 12.0. The van der Waals surface area contributed by atoms with Gasteiger partial charge in [0.1, 0.15) is 0 Å². The molecule has 0 heterocycles. The van der Waals surface area contributed by atoms with Crippen molar-refractivity contribution in [2.24, 2.45) is 5.73 Å². The molecule has 2 nitrogen and oxygen atoms in total. The quantitative estimate of drug-likeness (QED) is 0.765. The lowest BCUT2D eigenvalue weighted by Crippen LogP contribution is -2.23. The van der Waals surface area contributed by atoms with Crippen LogP contribution in [0.5, 0.6) is 0 Å². The average Bonchev–Trinajstić information content (AvgIpc) is 2.22. The number of unbranched alkanes of at least 4 members (excludes halogenated alkanes) is 1. The molecule has 0 aliphatic carbocycles. The fourth-order valence-electron chi connectivity index (χ4n) is 0.922. The first kappa shape index (κ1) is 20.3. The van der Waals surface area contributed by atoms with Gasteiger partial charge in [-0.05, 0) is 32.6 Å². The van der Waals surface area contributed by atoms with Crippen LogP contribution in [0, 0.1) is 0 Å². The molecule has 0 radical (unpaired) electrons. The summed E-state index contributed by atoms with van der Waals surface area (Å²) in [5.41, 5.74) is 4.85. The van der Waals surface area contributed by atoms with E-state index in [-0.39, 0.29) is 0 Å². The SMILES string of the molecule is CCC.CCCCN(CC)CC.CCN. The van der Waals surface area contributed by atoms with Gasteiger partial charge >= 0.3 is 0 Å². The highest BCUT2D eigenvalue weighted by Gasteiger charge is 1.94. The third kappa shape index (κ3) is 31.5. The smallest absolute Gasteiger partial charge is 0.00191 e. The topological polar surface area (TPSA) is 29.3 Å². The molecule has 0 aromatic rings. The Bertz CT molecular complexity index is 68.9. The summed E-state index contributed by atoms with van der Waals surface area (Å²) in [5, 5.41) is 0. The van der Waals surface area contributed by atoms with E-state index in [2.05, 4.69) is 39.5 Å². The lowest BCUT2D eigenvalue weighted by Gasteiger charge is -2.16. The number of rotatable bonds is 5. The third-order valence-electron chi connectivity index (χ3n) is 1.72. The second-order valence-electron chi connectivity index (χ2n) is 3.50. The largest absolute Gasteiger partial charge is 0.331 e. The summed E-state index contributed by atoms with van der Waals surface area (Å²) in [5.74, 6) is 0. The van der Waals surface area contributed by atoms with E-state index in [4.69, 9.17) is 5.73 Å². The second-order valence-corrected chi connectivity index (χ2v) is 3.50. The molecule has 0 bridgehead atoms. The summed E-state index contributed by atoms with van der Waals surface area (Å²) in [6.45, 7) is 17.3. The first-order chi connectivity index (χ1) is 7.17. The molecule has 15 heavy (non-hydrogen) atoms. The lowest BCUT2D eigenvalue weighted by atomic mass is 10.3. The summed E-state index contributed by atoms with van der Waals surface area (Å²) in [6, 6.07) is 0. The van der Waals surface area contributed by atoms with Gasteiger partial charge in [0.25, 0.3) is 0 Å². The molecule has 0 unspecified atom stereocenters. The number of nitrogens with zero attached hydrogens (tertiary/aromatic N) is 1. The first-order valence-corrected chi connectivity index (χ1v) is 6.60. The molecular formula is C13H34N2. The summed E-state index contributed by atoms with van der Waals surface area (Å²) in [6.07, 6.45) is 3.91. The van der Waals surface area contributed by atoms with Gasteiger partial charge in [0.05, 0.1) is 0 Å². The fourth-order valence-corrected chi connectivity index (χ4v) is 0.922. The Morgan fingerprint density at radius 1 is 0.867 bits per heavy atom. The maximum absolute atomic E-state index is 4.85. The van der Waals surface area contributed by atoms with Crippen LogP contribution in [0.15, 0.2) is 0 Å². The van der Waals surface area contributed by atoms with E-state index in [0.29, 0.717) is 0 Å². The molecular weight excluding hydrogens is 184 g/mol. The van der Waals surface area contributed by atoms with Crippen LogP contribution in [-0.4, -0.2) is 31.1 Å².